The average molecular weight is 436 g/mol. The molecule has 2 aliphatic rings. The van der Waals surface area contributed by atoms with Crippen LogP contribution >= 0.6 is 23.2 Å². The number of aliphatic hydroxyl groups excluding tert-OH is 1. The molecule has 2 fully saturated rings. The van der Waals surface area contributed by atoms with Crippen LogP contribution in [0.2, 0.25) is 10.0 Å². The van der Waals surface area contributed by atoms with Gasteiger partial charge in [-0.1, -0.05) is 35.3 Å². The number of morpholine rings is 1. The highest BCUT2D eigenvalue weighted by atomic mass is 35.5. The summed E-state index contributed by atoms with van der Waals surface area (Å²) in [5, 5.41) is 11.1. The van der Waals surface area contributed by atoms with Crippen molar-refractivity contribution in [1.29, 1.82) is 0 Å². The Balaban J connectivity index is 1.42. The van der Waals surface area contributed by atoms with Gasteiger partial charge in [-0.15, -0.1) is 0 Å². The van der Waals surface area contributed by atoms with Gasteiger partial charge in [-0.3, -0.25) is 4.90 Å². The monoisotopic (exact) mass is 435 g/mol. The third kappa shape index (κ3) is 5.22. The van der Waals surface area contributed by atoms with E-state index in [0.717, 1.165) is 54.8 Å². The molecule has 29 heavy (non-hydrogen) atoms. The molecule has 1 aromatic heterocycles. The van der Waals surface area contributed by atoms with Gasteiger partial charge in [0.1, 0.15) is 5.82 Å². The topological polar surface area (TPSA) is 48.8 Å². The van der Waals surface area contributed by atoms with E-state index in [0.29, 0.717) is 18.7 Å². The molecule has 2 aliphatic heterocycles. The van der Waals surface area contributed by atoms with Gasteiger partial charge < -0.3 is 14.7 Å². The van der Waals surface area contributed by atoms with Crippen LogP contribution in [0.3, 0.4) is 0 Å². The van der Waals surface area contributed by atoms with Crippen LogP contribution in [0.1, 0.15) is 18.4 Å². The van der Waals surface area contributed by atoms with E-state index in [1.807, 2.05) is 24.3 Å². The summed E-state index contributed by atoms with van der Waals surface area (Å²) in [4.78, 5) is 9.33. The number of rotatable bonds is 5. The first-order valence-electron chi connectivity index (χ1n) is 10.2. The Morgan fingerprint density at radius 3 is 2.52 bits per heavy atom. The van der Waals surface area contributed by atoms with Gasteiger partial charge in [-0.05, 0) is 49.1 Å². The Kier molecular flexibility index (Phi) is 6.93. The van der Waals surface area contributed by atoms with Gasteiger partial charge in [0.15, 0.2) is 0 Å². The summed E-state index contributed by atoms with van der Waals surface area (Å²) < 4.78 is 5.91. The van der Waals surface area contributed by atoms with Crippen LogP contribution in [-0.2, 0) is 11.2 Å². The maximum atomic E-state index is 9.64. The van der Waals surface area contributed by atoms with E-state index in [9.17, 15) is 5.11 Å². The van der Waals surface area contributed by atoms with Gasteiger partial charge in [0, 0.05) is 48.0 Å². The third-order valence-electron chi connectivity index (χ3n) is 5.96. The van der Waals surface area contributed by atoms with Crippen LogP contribution in [0.15, 0.2) is 42.6 Å². The van der Waals surface area contributed by atoms with Gasteiger partial charge in [-0.2, -0.15) is 0 Å². The standard InChI is InChI=1S/C22H27Cl2N3O2/c23-17-3-1-16(2-4-17)11-20-15-29-21(14-28)13-27(20)19-6-9-26(10-7-19)22-12-18(24)5-8-25-22/h1-5,8,12,19-21,28H,6-7,9-11,13-15H2/t20-,21+/m0/s1. The van der Waals surface area contributed by atoms with Crippen LogP contribution in [0.5, 0.6) is 0 Å². The van der Waals surface area contributed by atoms with E-state index in [-0.39, 0.29) is 12.7 Å². The molecule has 156 valence electrons. The number of hydrogen-bond donors (Lipinski definition) is 1. The molecule has 0 amide bonds. The van der Waals surface area contributed by atoms with Crippen molar-refractivity contribution in [1.82, 2.24) is 9.88 Å². The first-order valence-corrected chi connectivity index (χ1v) is 11.0. The Labute approximate surface area is 182 Å². The zero-order chi connectivity index (χ0) is 20.2. The largest absolute Gasteiger partial charge is 0.394 e. The summed E-state index contributed by atoms with van der Waals surface area (Å²) in [6, 6.07) is 12.6. The summed E-state index contributed by atoms with van der Waals surface area (Å²) in [5.74, 6) is 0.948. The molecule has 7 heteroatoms. The second-order valence-electron chi connectivity index (χ2n) is 7.87. The molecule has 0 saturated carbocycles. The minimum Gasteiger partial charge on any atom is -0.394 e. The average Bonchev–Trinajstić information content (AvgIpc) is 2.76. The number of piperidine rings is 1. The van der Waals surface area contributed by atoms with E-state index in [1.165, 1.54) is 5.56 Å². The molecule has 0 bridgehead atoms. The van der Waals surface area contributed by atoms with Gasteiger partial charge in [0.2, 0.25) is 0 Å². The molecule has 0 aliphatic carbocycles. The van der Waals surface area contributed by atoms with Crippen molar-refractivity contribution in [3.8, 4) is 0 Å². The number of halogens is 2. The van der Waals surface area contributed by atoms with Crippen molar-refractivity contribution in [2.24, 2.45) is 0 Å². The lowest BCUT2D eigenvalue weighted by atomic mass is 9.96. The summed E-state index contributed by atoms with van der Waals surface area (Å²) in [6.07, 6.45) is 4.70. The van der Waals surface area contributed by atoms with Gasteiger partial charge >= 0.3 is 0 Å². The highest BCUT2D eigenvalue weighted by molar-refractivity contribution is 6.30. The van der Waals surface area contributed by atoms with Crippen molar-refractivity contribution in [3.05, 3.63) is 58.2 Å². The normalized spacial score (nSPS) is 24.0. The number of ether oxygens (including phenoxy) is 1. The van der Waals surface area contributed by atoms with E-state index in [4.69, 9.17) is 27.9 Å². The fraction of sp³-hybridized carbons (Fsp3) is 0.500. The molecule has 5 nitrogen and oxygen atoms in total. The SMILES string of the molecule is OC[C@H]1CN(C2CCN(c3cc(Cl)ccn3)CC2)[C@@H](Cc2ccc(Cl)cc2)CO1. The second-order valence-corrected chi connectivity index (χ2v) is 8.74. The molecule has 2 atom stereocenters. The van der Waals surface area contributed by atoms with Crippen molar-refractivity contribution in [3.63, 3.8) is 0 Å². The van der Waals surface area contributed by atoms with Crippen LogP contribution < -0.4 is 4.90 Å². The number of nitrogens with zero attached hydrogens (tertiary/aromatic N) is 3. The van der Waals surface area contributed by atoms with Crippen molar-refractivity contribution in [2.45, 2.75) is 37.5 Å². The molecule has 4 rings (SSSR count). The summed E-state index contributed by atoms with van der Waals surface area (Å²) in [6.45, 7) is 3.38. The van der Waals surface area contributed by atoms with Crippen LogP contribution in [0.4, 0.5) is 5.82 Å². The van der Waals surface area contributed by atoms with E-state index >= 15 is 0 Å². The fourth-order valence-corrected chi connectivity index (χ4v) is 4.68. The van der Waals surface area contributed by atoms with Crippen molar-refractivity contribution in [2.75, 3.05) is 37.7 Å². The summed E-state index contributed by atoms with van der Waals surface area (Å²) in [5.41, 5.74) is 1.26. The maximum absolute atomic E-state index is 9.64. The number of benzene rings is 1. The number of pyridine rings is 1. The quantitative estimate of drug-likeness (QED) is 0.776. The zero-order valence-electron chi connectivity index (χ0n) is 16.4. The fourth-order valence-electron chi connectivity index (χ4n) is 4.40. The molecule has 0 unspecified atom stereocenters. The summed E-state index contributed by atoms with van der Waals surface area (Å²) >= 11 is 12.2. The van der Waals surface area contributed by atoms with Crippen LogP contribution in [0, 0.1) is 0 Å². The van der Waals surface area contributed by atoms with Crippen molar-refractivity contribution < 1.29 is 9.84 Å². The molecule has 2 saturated heterocycles. The molecule has 0 spiro atoms. The van der Waals surface area contributed by atoms with Gasteiger partial charge in [0.25, 0.3) is 0 Å². The molecular weight excluding hydrogens is 409 g/mol. The van der Waals surface area contributed by atoms with E-state index in [1.54, 1.807) is 6.20 Å². The first-order chi connectivity index (χ1) is 14.1. The Morgan fingerprint density at radius 2 is 1.83 bits per heavy atom. The maximum Gasteiger partial charge on any atom is 0.129 e. The smallest absolute Gasteiger partial charge is 0.129 e. The van der Waals surface area contributed by atoms with Gasteiger partial charge in [-0.25, -0.2) is 4.98 Å². The van der Waals surface area contributed by atoms with Crippen molar-refractivity contribution >= 4 is 29.0 Å². The predicted molar refractivity (Wildman–Crippen MR) is 117 cm³/mol. The second kappa shape index (κ2) is 9.63. The highest BCUT2D eigenvalue weighted by Gasteiger charge is 2.35. The Morgan fingerprint density at radius 1 is 1.07 bits per heavy atom. The third-order valence-corrected chi connectivity index (χ3v) is 6.45. The minimum absolute atomic E-state index is 0.0649. The lowest BCUT2D eigenvalue weighted by Crippen LogP contribution is -2.57. The molecule has 1 aromatic carbocycles. The van der Waals surface area contributed by atoms with E-state index in [2.05, 4.69) is 26.9 Å². The molecule has 0 radical (unpaired) electrons. The predicted octanol–water partition coefficient (Wildman–Crippen LogP) is 3.66. The van der Waals surface area contributed by atoms with Crippen LogP contribution in [0.25, 0.3) is 0 Å². The van der Waals surface area contributed by atoms with E-state index < -0.39 is 0 Å². The number of hydrogen-bond acceptors (Lipinski definition) is 5. The summed E-state index contributed by atoms with van der Waals surface area (Å²) in [7, 11) is 0. The molecule has 2 aromatic rings. The van der Waals surface area contributed by atoms with Crippen LogP contribution in [-0.4, -0.2) is 66.0 Å². The lowest BCUT2D eigenvalue weighted by Gasteiger charge is -2.46. The van der Waals surface area contributed by atoms with Gasteiger partial charge in [0.05, 0.1) is 19.3 Å². The Bertz CT molecular complexity index is 797. The molecule has 1 N–H and O–H groups in total. The number of aromatic nitrogens is 1. The first kappa shape index (κ1) is 20.9. The molecule has 3 heterocycles. The number of aliphatic hydroxyl groups is 1. The zero-order valence-corrected chi connectivity index (χ0v) is 17.9. The highest BCUT2D eigenvalue weighted by Crippen LogP contribution is 2.27. The minimum atomic E-state index is -0.107. The molecular formula is C22H27Cl2N3O2. The Hall–Kier alpha value is -1.37. The lowest BCUT2D eigenvalue weighted by molar-refractivity contribution is -0.0979. The number of anilines is 1.